The van der Waals surface area contributed by atoms with Crippen molar-refractivity contribution in [1.82, 2.24) is 0 Å². The highest BCUT2D eigenvalue weighted by Gasteiger charge is 2.53. The van der Waals surface area contributed by atoms with Gasteiger partial charge in [0.15, 0.2) is 0 Å². The fourth-order valence-electron chi connectivity index (χ4n) is 9.37. The second-order valence-corrected chi connectivity index (χ2v) is 13.3. The molecule has 0 unspecified atom stereocenters. The van der Waals surface area contributed by atoms with E-state index in [9.17, 15) is 0 Å². The van der Waals surface area contributed by atoms with Crippen LogP contribution in [0.15, 0.2) is 91.0 Å². The number of rotatable bonds is 4. The molecule has 4 fully saturated rings. The van der Waals surface area contributed by atoms with Crippen molar-refractivity contribution in [3.8, 4) is 22.3 Å². The Morgan fingerprint density at radius 1 is 0.605 bits per heavy atom. The molecule has 0 aromatic heterocycles. The highest BCUT2D eigenvalue weighted by molar-refractivity contribution is 5.87. The lowest BCUT2D eigenvalue weighted by Crippen LogP contribution is -2.48. The maximum Gasteiger partial charge on any atom is 0.0463 e. The molecular weight excluding hydrogens is 458 g/mol. The number of benzene rings is 4. The zero-order valence-electron chi connectivity index (χ0n) is 22.6. The van der Waals surface area contributed by atoms with E-state index in [1.54, 1.807) is 11.1 Å². The Kier molecular flexibility index (Phi) is 4.82. The second-order valence-electron chi connectivity index (χ2n) is 13.3. The predicted molar refractivity (Wildman–Crippen MR) is 159 cm³/mol. The van der Waals surface area contributed by atoms with Gasteiger partial charge >= 0.3 is 0 Å². The van der Waals surface area contributed by atoms with Gasteiger partial charge in [0.05, 0.1) is 0 Å². The monoisotopic (exact) mass is 495 g/mol. The number of fused-ring (bicyclic) bond motifs is 3. The average Bonchev–Trinajstić information content (AvgIpc) is 3.15. The van der Waals surface area contributed by atoms with E-state index in [2.05, 4.69) is 110 Å². The van der Waals surface area contributed by atoms with Crippen LogP contribution in [0.2, 0.25) is 0 Å². The molecule has 5 aliphatic carbocycles. The second kappa shape index (κ2) is 8.09. The van der Waals surface area contributed by atoms with Gasteiger partial charge in [0, 0.05) is 22.4 Å². The zero-order chi connectivity index (χ0) is 25.5. The standard InChI is InChI=1S/C37H37N/c1-36(2)31-12-8-13-32(37-21-24-17-25(22-37)19-26(18-24)23-37)35(31)30-16-15-28(20-33(30)36)38-34-14-7-6-11-29(34)27-9-4-3-5-10-27/h3-16,20,24-26,38H,17-19,21-23H2,1-2H3. The molecule has 38 heavy (non-hydrogen) atoms. The van der Waals surface area contributed by atoms with E-state index in [0.29, 0.717) is 5.41 Å². The quantitative estimate of drug-likeness (QED) is 0.297. The van der Waals surface area contributed by atoms with E-state index in [-0.39, 0.29) is 5.41 Å². The van der Waals surface area contributed by atoms with Crippen LogP contribution in [0.1, 0.15) is 69.1 Å². The normalized spacial score (nSPS) is 27.7. The maximum absolute atomic E-state index is 3.79. The summed E-state index contributed by atoms with van der Waals surface area (Å²) in [6, 6.07) is 33.8. The Balaban J connectivity index is 1.21. The van der Waals surface area contributed by atoms with Gasteiger partial charge in [-0.05, 0) is 113 Å². The molecule has 0 spiro atoms. The molecule has 190 valence electrons. The fourth-order valence-corrected chi connectivity index (χ4v) is 9.37. The molecule has 5 aliphatic rings. The summed E-state index contributed by atoms with van der Waals surface area (Å²) >= 11 is 0. The number of hydrogen-bond donors (Lipinski definition) is 1. The molecule has 1 heteroatoms. The first-order chi connectivity index (χ1) is 18.5. The van der Waals surface area contributed by atoms with Crippen molar-refractivity contribution < 1.29 is 0 Å². The molecule has 1 nitrogen and oxygen atoms in total. The van der Waals surface area contributed by atoms with Crippen LogP contribution in [0.4, 0.5) is 11.4 Å². The minimum Gasteiger partial charge on any atom is -0.355 e. The van der Waals surface area contributed by atoms with Crippen molar-refractivity contribution in [2.75, 3.05) is 5.32 Å². The number of para-hydroxylation sites is 1. The van der Waals surface area contributed by atoms with Gasteiger partial charge in [-0.15, -0.1) is 0 Å². The molecule has 4 bridgehead atoms. The first-order valence-corrected chi connectivity index (χ1v) is 14.7. The minimum atomic E-state index is -0.000388. The highest BCUT2D eigenvalue weighted by Crippen LogP contribution is 2.63. The lowest BCUT2D eigenvalue weighted by molar-refractivity contribution is -0.00494. The summed E-state index contributed by atoms with van der Waals surface area (Å²) < 4.78 is 0. The van der Waals surface area contributed by atoms with Gasteiger partial charge in [0.1, 0.15) is 0 Å². The van der Waals surface area contributed by atoms with Gasteiger partial charge in [-0.25, -0.2) is 0 Å². The molecular formula is C37H37N. The van der Waals surface area contributed by atoms with Crippen LogP contribution >= 0.6 is 0 Å². The Bertz CT molecular complexity index is 1510. The third-order valence-electron chi connectivity index (χ3n) is 10.6. The Morgan fingerprint density at radius 3 is 2.00 bits per heavy atom. The van der Waals surface area contributed by atoms with Crippen LogP contribution in [-0.4, -0.2) is 0 Å². The summed E-state index contributed by atoms with van der Waals surface area (Å²) in [5, 5.41) is 3.79. The minimum absolute atomic E-state index is 0.000388. The molecule has 0 radical (unpaired) electrons. The van der Waals surface area contributed by atoms with Crippen LogP contribution in [0.25, 0.3) is 22.3 Å². The van der Waals surface area contributed by atoms with Gasteiger partial charge in [-0.3, -0.25) is 0 Å². The smallest absolute Gasteiger partial charge is 0.0463 e. The van der Waals surface area contributed by atoms with Crippen molar-refractivity contribution in [1.29, 1.82) is 0 Å². The molecule has 4 saturated carbocycles. The lowest BCUT2D eigenvalue weighted by atomic mass is 9.47. The largest absolute Gasteiger partial charge is 0.355 e. The van der Waals surface area contributed by atoms with Crippen LogP contribution in [-0.2, 0) is 10.8 Å². The average molecular weight is 496 g/mol. The van der Waals surface area contributed by atoms with Gasteiger partial charge in [0.25, 0.3) is 0 Å². The first-order valence-electron chi connectivity index (χ1n) is 14.7. The molecule has 0 amide bonds. The van der Waals surface area contributed by atoms with Crippen LogP contribution < -0.4 is 5.32 Å². The molecule has 4 aromatic rings. The van der Waals surface area contributed by atoms with Crippen LogP contribution in [0.5, 0.6) is 0 Å². The Hall–Kier alpha value is -3.32. The number of anilines is 2. The van der Waals surface area contributed by atoms with Crippen molar-refractivity contribution in [2.24, 2.45) is 17.8 Å². The topological polar surface area (TPSA) is 12.0 Å². The van der Waals surface area contributed by atoms with Gasteiger partial charge in [-0.1, -0.05) is 86.6 Å². The third kappa shape index (κ3) is 3.30. The summed E-state index contributed by atoms with van der Waals surface area (Å²) in [7, 11) is 0. The van der Waals surface area contributed by atoms with E-state index in [1.807, 2.05) is 0 Å². The van der Waals surface area contributed by atoms with E-state index in [0.717, 1.165) is 23.4 Å². The zero-order valence-corrected chi connectivity index (χ0v) is 22.6. The molecule has 4 aromatic carbocycles. The maximum atomic E-state index is 3.79. The van der Waals surface area contributed by atoms with Gasteiger partial charge in [0.2, 0.25) is 0 Å². The Labute approximate surface area is 227 Å². The summed E-state index contributed by atoms with van der Waals surface area (Å²) in [6.07, 6.45) is 8.74. The number of nitrogens with one attached hydrogen (secondary N) is 1. The summed E-state index contributed by atoms with van der Waals surface area (Å²) in [5.74, 6) is 2.88. The molecule has 9 rings (SSSR count). The van der Waals surface area contributed by atoms with Crippen LogP contribution in [0, 0.1) is 17.8 Å². The van der Waals surface area contributed by atoms with Crippen molar-refractivity contribution in [2.45, 2.75) is 63.2 Å². The summed E-state index contributed by atoms with van der Waals surface area (Å²) in [6.45, 7) is 4.87. The molecule has 0 atom stereocenters. The highest BCUT2D eigenvalue weighted by atomic mass is 14.9. The molecule has 0 saturated heterocycles. The summed E-state index contributed by atoms with van der Waals surface area (Å²) in [5.41, 5.74) is 12.9. The van der Waals surface area contributed by atoms with E-state index in [1.165, 1.54) is 72.0 Å². The van der Waals surface area contributed by atoms with Crippen molar-refractivity contribution in [3.05, 3.63) is 108 Å². The fraction of sp³-hybridized carbons (Fsp3) is 0.351. The van der Waals surface area contributed by atoms with Crippen LogP contribution in [0.3, 0.4) is 0 Å². The molecule has 0 aliphatic heterocycles. The predicted octanol–water partition coefficient (Wildman–Crippen LogP) is 9.87. The van der Waals surface area contributed by atoms with Crippen molar-refractivity contribution >= 4 is 11.4 Å². The first kappa shape index (κ1) is 22.6. The lowest BCUT2D eigenvalue weighted by Gasteiger charge is -2.57. The van der Waals surface area contributed by atoms with E-state index >= 15 is 0 Å². The third-order valence-corrected chi connectivity index (χ3v) is 10.6. The SMILES string of the molecule is CC1(C)c2cc(Nc3ccccc3-c3ccccc3)ccc2-c2c(C34CC5CC(CC(C5)C3)C4)cccc21. The van der Waals surface area contributed by atoms with Gasteiger partial charge in [-0.2, -0.15) is 0 Å². The van der Waals surface area contributed by atoms with Gasteiger partial charge < -0.3 is 5.32 Å². The van der Waals surface area contributed by atoms with E-state index in [4.69, 9.17) is 0 Å². The molecule has 0 heterocycles. The number of hydrogen-bond acceptors (Lipinski definition) is 1. The van der Waals surface area contributed by atoms with Crippen molar-refractivity contribution in [3.63, 3.8) is 0 Å². The molecule has 1 N–H and O–H groups in total. The summed E-state index contributed by atoms with van der Waals surface area (Å²) in [4.78, 5) is 0. The van der Waals surface area contributed by atoms with E-state index < -0.39 is 0 Å². The Morgan fingerprint density at radius 2 is 1.26 bits per heavy atom.